The molecule has 1 aliphatic heterocycles. The third-order valence-corrected chi connectivity index (χ3v) is 4.98. The Hall–Kier alpha value is -4.07. The lowest BCUT2D eigenvalue weighted by atomic mass is 9.94. The molecule has 0 aromatic heterocycles. The van der Waals surface area contributed by atoms with E-state index in [1.807, 2.05) is 0 Å². The molecule has 2 aromatic carbocycles. The lowest BCUT2D eigenvalue weighted by molar-refractivity contribution is -0.416. The summed E-state index contributed by atoms with van der Waals surface area (Å²) in [5.74, 6) is -1.40. The summed E-state index contributed by atoms with van der Waals surface area (Å²) >= 11 is 0. The molecule has 2 aliphatic rings. The van der Waals surface area contributed by atoms with Crippen molar-refractivity contribution in [1.29, 1.82) is 0 Å². The second-order valence-corrected chi connectivity index (χ2v) is 6.94. The number of nitrogens with zero attached hydrogens (tertiary/aromatic N) is 2. The fraction of sp³-hybridized carbons (Fsp3) is 0.130. The van der Waals surface area contributed by atoms with E-state index in [0.29, 0.717) is 22.8 Å². The molecule has 4 amide bonds. The second kappa shape index (κ2) is 8.35. The molecule has 1 heterocycles. The first-order valence-corrected chi connectivity index (χ1v) is 9.54. The van der Waals surface area contributed by atoms with Crippen molar-refractivity contribution < 1.29 is 28.1 Å². The maximum Gasteiger partial charge on any atom is 0.506 e. The number of hydrogen-bond donors (Lipinski definition) is 1. The van der Waals surface area contributed by atoms with Gasteiger partial charge in [0, 0.05) is 5.69 Å². The molecule has 8 heteroatoms. The molecule has 1 aliphatic carbocycles. The van der Waals surface area contributed by atoms with Crippen LogP contribution >= 0.6 is 0 Å². The van der Waals surface area contributed by atoms with Gasteiger partial charge in [-0.2, -0.15) is 9.37 Å². The van der Waals surface area contributed by atoms with Crippen LogP contribution in [0.25, 0.3) is 0 Å². The highest BCUT2D eigenvalue weighted by Crippen LogP contribution is 2.27. The number of hydrogen-bond acceptors (Lipinski definition) is 4. The van der Waals surface area contributed by atoms with Gasteiger partial charge in [0.1, 0.15) is 28.9 Å². The number of urea groups is 1. The monoisotopic (exact) mass is 420 g/mol. The molecule has 31 heavy (non-hydrogen) atoms. The molecule has 0 radical (unpaired) electrons. The zero-order valence-corrected chi connectivity index (χ0v) is 16.6. The van der Waals surface area contributed by atoms with Gasteiger partial charge in [-0.1, -0.05) is 18.2 Å². The summed E-state index contributed by atoms with van der Waals surface area (Å²) in [5.41, 5.74) is 1.21. The van der Waals surface area contributed by atoms with Crippen molar-refractivity contribution >= 4 is 34.9 Å². The van der Waals surface area contributed by atoms with E-state index in [0.717, 1.165) is 4.90 Å². The number of allylic oxidation sites excluding steroid dienone is 3. The van der Waals surface area contributed by atoms with Gasteiger partial charge < -0.3 is 10.1 Å². The Bertz CT molecular complexity index is 1130. The van der Waals surface area contributed by atoms with Gasteiger partial charge >= 0.3 is 11.9 Å². The number of fused-ring (bicyclic) bond motifs is 1. The van der Waals surface area contributed by atoms with Crippen LogP contribution in [0.2, 0.25) is 0 Å². The highest BCUT2D eigenvalue weighted by Gasteiger charge is 2.48. The molecule has 1 unspecified atom stereocenters. The number of benzene rings is 2. The maximum atomic E-state index is 13.3. The summed E-state index contributed by atoms with van der Waals surface area (Å²) in [6.07, 6.45) is 6.77. The average Bonchev–Trinajstić information content (AvgIpc) is 2.79. The number of imide groups is 1. The van der Waals surface area contributed by atoms with Gasteiger partial charge in [-0.3, -0.25) is 4.79 Å². The number of anilines is 2. The predicted molar refractivity (Wildman–Crippen MR) is 113 cm³/mol. The second-order valence-electron chi connectivity index (χ2n) is 6.94. The van der Waals surface area contributed by atoms with E-state index in [4.69, 9.17) is 4.74 Å². The van der Waals surface area contributed by atoms with Gasteiger partial charge in [-0.15, -0.1) is 4.90 Å². The Morgan fingerprint density at radius 1 is 1.10 bits per heavy atom. The largest absolute Gasteiger partial charge is 0.506 e. The lowest BCUT2D eigenvalue weighted by Gasteiger charge is -2.26. The van der Waals surface area contributed by atoms with Crippen LogP contribution in [0.5, 0.6) is 5.75 Å². The smallest absolute Gasteiger partial charge is 0.497 e. The molecular formula is C23H19FN3O4+. The highest BCUT2D eigenvalue weighted by atomic mass is 19.1. The lowest BCUT2D eigenvalue weighted by Crippen LogP contribution is -2.55. The first-order valence-electron chi connectivity index (χ1n) is 9.54. The summed E-state index contributed by atoms with van der Waals surface area (Å²) in [5, 5.41) is 2.64. The molecule has 1 atom stereocenters. The van der Waals surface area contributed by atoms with Crippen molar-refractivity contribution in [3.63, 3.8) is 0 Å². The van der Waals surface area contributed by atoms with Crippen LogP contribution in [0, 0.1) is 11.7 Å². The van der Waals surface area contributed by atoms with E-state index in [2.05, 4.69) is 5.32 Å². The van der Waals surface area contributed by atoms with Crippen LogP contribution in [0.1, 0.15) is 0 Å². The topological polar surface area (TPSA) is 78.7 Å². The molecular weight excluding hydrogens is 401 g/mol. The summed E-state index contributed by atoms with van der Waals surface area (Å²) in [7, 11) is 1.52. The van der Waals surface area contributed by atoms with E-state index in [-0.39, 0.29) is 6.54 Å². The number of amides is 4. The molecule has 0 saturated carbocycles. The van der Waals surface area contributed by atoms with E-state index >= 15 is 0 Å². The molecule has 4 rings (SSSR count). The summed E-state index contributed by atoms with van der Waals surface area (Å²) in [4.78, 5) is 40.0. The molecule has 7 nitrogen and oxygen atoms in total. The van der Waals surface area contributed by atoms with E-state index in [9.17, 15) is 18.8 Å². The van der Waals surface area contributed by atoms with Crippen molar-refractivity contribution in [2.75, 3.05) is 23.9 Å². The van der Waals surface area contributed by atoms with Crippen molar-refractivity contribution in [3.05, 3.63) is 78.7 Å². The molecule has 0 saturated heterocycles. The average molecular weight is 420 g/mol. The number of halogens is 1. The van der Waals surface area contributed by atoms with Crippen molar-refractivity contribution in [1.82, 2.24) is 0 Å². The number of ether oxygens (including phenoxy) is 1. The summed E-state index contributed by atoms with van der Waals surface area (Å²) in [6.45, 7) is -0.305. The Labute approximate surface area is 177 Å². The van der Waals surface area contributed by atoms with Crippen molar-refractivity contribution in [3.8, 4) is 5.75 Å². The quantitative estimate of drug-likeness (QED) is 0.754. The van der Waals surface area contributed by atoms with Gasteiger partial charge in [0.05, 0.1) is 7.11 Å². The fourth-order valence-corrected chi connectivity index (χ4v) is 3.47. The zero-order valence-electron chi connectivity index (χ0n) is 16.6. The third-order valence-electron chi connectivity index (χ3n) is 4.98. The highest BCUT2D eigenvalue weighted by molar-refractivity contribution is 6.26. The van der Waals surface area contributed by atoms with Crippen molar-refractivity contribution in [2.24, 2.45) is 5.92 Å². The SMILES string of the molecule is COc1ccc(N2C(=O)C3C=CC=CC3=[N+](CC(=O)Nc3ccc(F)cc3)C2=O)cc1. The Balaban J connectivity index is 1.65. The van der Waals surface area contributed by atoms with Crippen LogP contribution in [-0.4, -0.2) is 41.8 Å². The van der Waals surface area contributed by atoms with Gasteiger partial charge in [0.2, 0.25) is 0 Å². The predicted octanol–water partition coefficient (Wildman–Crippen LogP) is 3.14. The molecule has 156 valence electrons. The Kier molecular flexibility index (Phi) is 5.44. The van der Waals surface area contributed by atoms with Crippen LogP contribution < -0.4 is 15.0 Å². The zero-order chi connectivity index (χ0) is 22.0. The minimum atomic E-state index is -0.691. The minimum Gasteiger partial charge on any atom is -0.497 e. The first kappa shape index (κ1) is 20.2. The van der Waals surface area contributed by atoms with E-state index < -0.39 is 29.6 Å². The number of carbonyl (C=O) groups is 3. The third kappa shape index (κ3) is 4.00. The molecule has 1 N–H and O–H groups in total. The standard InChI is InChI=1S/C23H18FN3O4/c1-31-18-12-10-17(11-13-18)27-22(29)19-4-2-3-5-20(19)26(23(27)30)14-21(28)25-16-8-6-15(24)7-9-16/h2-13,19H,14H2,1H3/p+1. The molecule has 0 bridgehead atoms. The molecule has 0 fully saturated rings. The van der Waals surface area contributed by atoms with Crippen LogP contribution in [0.3, 0.4) is 0 Å². The van der Waals surface area contributed by atoms with Crippen LogP contribution in [-0.2, 0) is 9.59 Å². The number of rotatable bonds is 5. The van der Waals surface area contributed by atoms with Gasteiger partial charge in [-0.25, -0.2) is 9.18 Å². The van der Waals surface area contributed by atoms with E-state index in [1.54, 1.807) is 48.6 Å². The Morgan fingerprint density at radius 3 is 2.48 bits per heavy atom. The van der Waals surface area contributed by atoms with Gasteiger partial charge in [-0.05, 0) is 54.6 Å². The number of carbonyl (C=O) groups excluding carboxylic acids is 3. The number of methoxy groups -OCH3 is 1. The van der Waals surface area contributed by atoms with Gasteiger partial charge in [0.25, 0.3) is 5.91 Å². The maximum absolute atomic E-state index is 13.3. The normalized spacial score (nSPS) is 17.6. The van der Waals surface area contributed by atoms with E-state index in [1.165, 1.54) is 36.0 Å². The van der Waals surface area contributed by atoms with Gasteiger partial charge in [0.15, 0.2) is 6.54 Å². The Morgan fingerprint density at radius 2 is 1.81 bits per heavy atom. The summed E-state index contributed by atoms with van der Waals surface area (Å²) in [6, 6.07) is 11.2. The molecule has 2 aromatic rings. The van der Waals surface area contributed by atoms with Crippen LogP contribution in [0.15, 0.2) is 72.8 Å². The van der Waals surface area contributed by atoms with Crippen LogP contribution in [0.4, 0.5) is 20.6 Å². The summed E-state index contributed by atoms with van der Waals surface area (Å²) < 4.78 is 19.5. The number of nitrogens with one attached hydrogen (secondary N) is 1. The van der Waals surface area contributed by atoms with Crippen molar-refractivity contribution in [2.45, 2.75) is 0 Å². The molecule has 0 spiro atoms. The first-order chi connectivity index (χ1) is 15.0. The minimum absolute atomic E-state index is 0.305. The fourth-order valence-electron chi connectivity index (χ4n) is 3.47.